The minimum Gasteiger partial charge on any atom is -0.383 e. The second kappa shape index (κ2) is 5.84. The van der Waals surface area contributed by atoms with Crippen LogP contribution in [0.25, 0.3) is 10.8 Å². The van der Waals surface area contributed by atoms with Gasteiger partial charge in [0.15, 0.2) is 0 Å². The molecule has 4 nitrogen and oxygen atoms in total. The average molecular weight is 267 g/mol. The Morgan fingerprint density at radius 2 is 1.95 bits per heavy atom. The molecule has 4 heteroatoms. The topological polar surface area (TPSA) is 39.9 Å². The Balaban J connectivity index is 1.92. The molecule has 3 aromatic rings. The molecule has 0 saturated heterocycles. The molecule has 0 aliphatic carbocycles. The van der Waals surface area contributed by atoms with Gasteiger partial charge < -0.3 is 9.30 Å². The molecule has 0 amide bonds. The van der Waals surface area contributed by atoms with Crippen molar-refractivity contribution in [3.8, 4) is 0 Å². The molecule has 0 N–H and O–H groups in total. The molecule has 0 spiro atoms. The van der Waals surface area contributed by atoms with E-state index in [0.29, 0.717) is 6.61 Å². The molecule has 0 fully saturated rings. The van der Waals surface area contributed by atoms with Crippen molar-refractivity contribution in [2.24, 2.45) is 0 Å². The molecule has 0 bridgehead atoms. The van der Waals surface area contributed by atoms with Crippen LogP contribution in [0.1, 0.15) is 11.4 Å². The van der Waals surface area contributed by atoms with Crippen molar-refractivity contribution < 1.29 is 4.74 Å². The molecule has 1 heterocycles. The van der Waals surface area contributed by atoms with Crippen LogP contribution in [0.2, 0.25) is 0 Å². The minimum atomic E-state index is 0.667. The third-order valence-corrected chi connectivity index (χ3v) is 3.46. The van der Waals surface area contributed by atoms with E-state index < -0.39 is 0 Å². The van der Waals surface area contributed by atoms with E-state index in [1.807, 2.05) is 4.57 Å². The lowest BCUT2D eigenvalue weighted by molar-refractivity contribution is 0.186. The molecule has 0 atom stereocenters. The summed E-state index contributed by atoms with van der Waals surface area (Å²) in [6.45, 7) is 1.45. The predicted molar refractivity (Wildman–Crippen MR) is 78.7 cm³/mol. The lowest BCUT2D eigenvalue weighted by Crippen LogP contribution is -2.08. The molecule has 0 aliphatic rings. The number of rotatable bonds is 5. The van der Waals surface area contributed by atoms with E-state index in [1.165, 1.54) is 16.3 Å². The normalized spacial score (nSPS) is 11.1. The standard InChI is InChI=1S/C16H17N3O/c1-20-10-9-19-12-17-18-16(19)11-14-7-4-6-13-5-2-3-8-15(13)14/h2-8,12H,9-11H2,1H3. The monoisotopic (exact) mass is 267 g/mol. The van der Waals surface area contributed by atoms with Gasteiger partial charge in [0.25, 0.3) is 0 Å². The highest BCUT2D eigenvalue weighted by Crippen LogP contribution is 2.20. The maximum atomic E-state index is 5.11. The Hall–Kier alpha value is -2.20. The number of hydrogen-bond acceptors (Lipinski definition) is 3. The fraction of sp³-hybridized carbons (Fsp3) is 0.250. The van der Waals surface area contributed by atoms with Gasteiger partial charge in [0.2, 0.25) is 0 Å². The fourth-order valence-corrected chi connectivity index (χ4v) is 2.41. The highest BCUT2D eigenvalue weighted by Gasteiger charge is 2.07. The third-order valence-electron chi connectivity index (χ3n) is 3.46. The molecule has 20 heavy (non-hydrogen) atoms. The Bertz CT molecular complexity index is 700. The van der Waals surface area contributed by atoms with Crippen LogP contribution in [0, 0.1) is 0 Å². The second-order valence-corrected chi connectivity index (χ2v) is 4.75. The first-order valence-corrected chi connectivity index (χ1v) is 6.71. The zero-order valence-corrected chi connectivity index (χ0v) is 11.5. The summed E-state index contributed by atoms with van der Waals surface area (Å²) < 4.78 is 7.16. The van der Waals surface area contributed by atoms with Crippen LogP contribution in [0.5, 0.6) is 0 Å². The molecule has 102 valence electrons. The van der Waals surface area contributed by atoms with E-state index in [1.54, 1.807) is 13.4 Å². The van der Waals surface area contributed by atoms with Crippen molar-refractivity contribution in [2.75, 3.05) is 13.7 Å². The van der Waals surface area contributed by atoms with E-state index >= 15 is 0 Å². The van der Waals surface area contributed by atoms with Gasteiger partial charge in [-0.1, -0.05) is 42.5 Å². The molecular weight excluding hydrogens is 250 g/mol. The maximum Gasteiger partial charge on any atom is 0.137 e. The molecule has 0 unspecified atom stereocenters. The van der Waals surface area contributed by atoms with Gasteiger partial charge >= 0.3 is 0 Å². The van der Waals surface area contributed by atoms with Gasteiger partial charge in [-0.3, -0.25) is 0 Å². The summed E-state index contributed by atoms with van der Waals surface area (Å²) >= 11 is 0. The SMILES string of the molecule is COCCn1cnnc1Cc1cccc2ccccc12. The molecule has 0 saturated carbocycles. The maximum absolute atomic E-state index is 5.11. The van der Waals surface area contributed by atoms with E-state index in [4.69, 9.17) is 4.74 Å². The van der Waals surface area contributed by atoms with Gasteiger partial charge in [-0.25, -0.2) is 0 Å². The van der Waals surface area contributed by atoms with Gasteiger partial charge in [0.1, 0.15) is 12.2 Å². The van der Waals surface area contributed by atoms with E-state index in [9.17, 15) is 0 Å². The minimum absolute atomic E-state index is 0.667. The molecule has 0 radical (unpaired) electrons. The first-order valence-electron chi connectivity index (χ1n) is 6.71. The summed E-state index contributed by atoms with van der Waals surface area (Å²) in [7, 11) is 1.70. The first-order chi connectivity index (χ1) is 9.88. The second-order valence-electron chi connectivity index (χ2n) is 4.75. The highest BCUT2D eigenvalue weighted by atomic mass is 16.5. The van der Waals surface area contributed by atoms with E-state index in [-0.39, 0.29) is 0 Å². The van der Waals surface area contributed by atoms with Gasteiger partial charge in [-0.2, -0.15) is 0 Å². The lowest BCUT2D eigenvalue weighted by Gasteiger charge is -2.08. The number of benzene rings is 2. The lowest BCUT2D eigenvalue weighted by atomic mass is 10.0. The number of aromatic nitrogens is 3. The largest absolute Gasteiger partial charge is 0.383 e. The zero-order chi connectivity index (χ0) is 13.8. The van der Waals surface area contributed by atoms with Crippen LogP contribution in [-0.2, 0) is 17.7 Å². The van der Waals surface area contributed by atoms with Crippen molar-refractivity contribution in [2.45, 2.75) is 13.0 Å². The van der Waals surface area contributed by atoms with Crippen molar-refractivity contribution in [3.63, 3.8) is 0 Å². The van der Waals surface area contributed by atoms with Crippen molar-refractivity contribution >= 4 is 10.8 Å². The number of hydrogen-bond donors (Lipinski definition) is 0. The zero-order valence-electron chi connectivity index (χ0n) is 11.5. The smallest absolute Gasteiger partial charge is 0.137 e. The van der Waals surface area contributed by atoms with Crippen LogP contribution in [0.3, 0.4) is 0 Å². The van der Waals surface area contributed by atoms with Gasteiger partial charge in [0.05, 0.1) is 6.61 Å². The molecule has 2 aromatic carbocycles. The third kappa shape index (κ3) is 2.56. The summed E-state index contributed by atoms with van der Waals surface area (Å²) in [6.07, 6.45) is 2.55. The summed E-state index contributed by atoms with van der Waals surface area (Å²) in [4.78, 5) is 0. The van der Waals surface area contributed by atoms with Crippen LogP contribution in [0.15, 0.2) is 48.8 Å². The van der Waals surface area contributed by atoms with Crippen LogP contribution in [0.4, 0.5) is 0 Å². The van der Waals surface area contributed by atoms with Gasteiger partial charge in [-0.15, -0.1) is 10.2 Å². The van der Waals surface area contributed by atoms with Gasteiger partial charge in [0, 0.05) is 20.1 Å². The van der Waals surface area contributed by atoms with Gasteiger partial charge in [-0.05, 0) is 16.3 Å². The van der Waals surface area contributed by atoms with Crippen LogP contribution >= 0.6 is 0 Å². The summed E-state index contributed by atoms with van der Waals surface area (Å²) in [5.41, 5.74) is 1.27. The first kappa shape index (κ1) is 12.8. The quantitative estimate of drug-likeness (QED) is 0.713. The highest BCUT2D eigenvalue weighted by molar-refractivity contribution is 5.85. The van der Waals surface area contributed by atoms with Crippen LogP contribution < -0.4 is 0 Å². The number of fused-ring (bicyclic) bond motifs is 1. The van der Waals surface area contributed by atoms with Crippen molar-refractivity contribution in [1.82, 2.24) is 14.8 Å². The van der Waals surface area contributed by atoms with Crippen LogP contribution in [-0.4, -0.2) is 28.5 Å². The Kier molecular flexibility index (Phi) is 3.74. The van der Waals surface area contributed by atoms with E-state index in [0.717, 1.165) is 18.8 Å². The Morgan fingerprint density at radius 3 is 2.85 bits per heavy atom. The van der Waals surface area contributed by atoms with Crippen molar-refractivity contribution in [1.29, 1.82) is 0 Å². The molecular formula is C16H17N3O. The fourth-order valence-electron chi connectivity index (χ4n) is 2.41. The summed E-state index contributed by atoms with van der Waals surface area (Å²) in [6, 6.07) is 14.8. The number of methoxy groups -OCH3 is 1. The summed E-state index contributed by atoms with van der Waals surface area (Å²) in [5, 5.41) is 10.8. The number of nitrogens with zero attached hydrogens (tertiary/aromatic N) is 3. The molecule has 3 rings (SSSR count). The molecule has 0 aliphatic heterocycles. The summed E-state index contributed by atoms with van der Waals surface area (Å²) in [5.74, 6) is 0.971. The predicted octanol–water partition coefficient (Wildman–Crippen LogP) is 2.67. The van der Waals surface area contributed by atoms with E-state index in [2.05, 4.69) is 52.7 Å². The molecule has 1 aromatic heterocycles. The number of ether oxygens (including phenoxy) is 1. The Labute approximate surface area is 118 Å². The van der Waals surface area contributed by atoms with Crippen molar-refractivity contribution in [3.05, 3.63) is 60.2 Å². The average Bonchev–Trinajstić information content (AvgIpc) is 2.93. The Morgan fingerprint density at radius 1 is 1.10 bits per heavy atom.